The molecule has 0 unspecified atom stereocenters. The van der Waals surface area contributed by atoms with Gasteiger partial charge in [0.05, 0.1) is 12.4 Å². The molecule has 1 rings (SSSR count). The molecule has 0 aliphatic heterocycles. The zero-order chi connectivity index (χ0) is 9.19. The summed E-state index contributed by atoms with van der Waals surface area (Å²) in [4.78, 5) is 0. The lowest BCUT2D eigenvalue weighted by molar-refractivity contribution is 0.196. The minimum atomic E-state index is 0.267. The second-order valence-corrected chi connectivity index (χ2v) is 4.10. The summed E-state index contributed by atoms with van der Waals surface area (Å²) in [5.41, 5.74) is 1.58. The van der Waals surface area contributed by atoms with Gasteiger partial charge < -0.3 is 4.74 Å². The molecule has 1 nitrogen and oxygen atoms in total. The standard InChI is InChI=1S/C11H18O/c1-5-12-10-6-9(2)7-11(3,4)8-10/h6-7H,5,8H2,1-4H3. The van der Waals surface area contributed by atoms with Gasteiger partial charge in [0.15, 0.2) is 0 Å². The van der Waals surface area contributed by atoms with E-state index in [1.54, 1.807) is 0 Å². The number of hydrogen-bond acceptors (Lipinski definition) is 1. The van der Waals surface area contributed by atoms with E-state index < -0.39 is 0 Å². The molecule has 0 amide bonds. The van der Waals surface area contributed by atoms with Gasteiger partial charge in [-0.15, -0.1) is 0 Å². The highest BCUT2D eigenvalue weighted by Gasteiger charge is 2.21. The number of rotatable bonds is 2. The van der Waals surface area contributed by atoms with E-state index in [1.807, 2.05) is 6.92 Å². The maximum atomic E-state index is 5.51. The fraction of sp³-hybridized carbons (Fsp3) is 0.636. The van der Waals surface area contributed by atoms with E-state index in [1.165, 1.54) is 5.57 Å². The van der Waals surface area contributed by atoms with E-state index in [0.717, 1.165) is 18.8 Å². The van der Waals surface area contributed by atoms with Crippen LogP contribution >= 0.6 is 0 Å². The highest BCUT2D eigenvalue weighted by atomic mass is 16.5. The fourth-order valence-corrected chi connectivity index (χ4v) is 1.74. The highest BCUT2D eigenvalue weighted by molar-refractivity contribution is 5.27. The van der Waals surface area contributed by atoms with E-state index >= 15 is 0 Å². The smallest absolute Gasteiger partial charge is 0.0970 e. The summed E-state index contributed by atoms with van der Waals surface area (Å²) < 4.78 is 5.51. The molecule has 68 valence electrons. The van der Waals surface area contributed by atoms with Crippen LogP contribution in [0, 0.1) is 5.41 Å². The lowest BCUT2D eigenvalue weighted by Gasteiger charge is -2.26. The van der Waals surface area contributed by atoms with Crippen LogP contribution in [0.2, 0.25) is 0 Å². The number of ether oxygens (including phenoxy) is 1. The molecule has 0 saturated carbocycles. The zero-order valence-electron chi connectivity index (χ0n) is 8.48. The second kappa shape index (κ2) is 3.34. The first-order valence-electron chi connectivity index (χ1n) is 4.56. The van der Waals surface area contributed by atoms with Crippen LogP contribution in [0.5, 0.6) is 0 Å². The van der Waals surface area contributed by atoms with Gasteiger partial charge in [-0.05, 0) is 25.3 Å². The average Bonchev–Trinajstić information content (AvgIpc) is 1.82. The van der Waals surface area contributed by atoms with Crippen LogP contribution in [-0.2, 0) is 4.74 Å². The van der Waals surface area contributed by atoms with Gasteiger partial charge in [0.2, 0.25) is 0 Å². The van der Waals surface area contributed by atoms with Crippen molar-refractivity contribution in [3.8, 4) is 0 Å². The summed E-state index contributed by atoms with van der Waals surface area (Å²) in [5.74, 6) is 1.13. The molecule has 0 bridgehead atoms. The Balaban J connectivity index is 2.74. The van der Waals surface area contributed by atoms with Gasteiger partial charge in [-0.1, -0.05) is 25.5 Å². The van der Waals surface area contributed by atoms with Crippen molar-refractivity contribution in [2.75, 3.05) is 6.61 Å². The molecular weight excluding hydrogens is 148 g/mol. The van der Waals surface area contributed by atoms with Crippen molar-refractivity contribution in [2.45, 2.75) is 34.1 Å². The van der Waals surface area contributed by atoms with Gasteiger partial charge >= 0.3 is 0 Å². The van der Waals surface area contributed by atoms with Crippen LogP contribution in [0.3, 0.4) is 0 Å². The second-order valence-electron chi connectivity index (χ2n) is 4.10. The predicted octanol–water partition coefficient (Wildman–Crippen LogP) is 3.28. The Labute approximate surface area is 75.1 Å². The first-order valence-corrected chi connectivity index (χ1v) is 4.56. The number of hydrogen-bond donors (Lipinski definition) is 0. The molecule has 0 spiro atoms. The summed E-state index contributed by atoms with van der Waals surface area (Å²) in [6, 6.07) is 0. The van der Waals surface area contributed by atoms with Gasteiger partial charge in [-0.3, -0.25) is 0 Å². The van der Waals surface area contributed by atoms with Crippen molar-refractivity contribution >= 4 is 0 Å². The van der Waals surface area contributed by atoms with Crippen molar-refractivity contribution in [1.29, 1.82) is 0 Å². The molecular formula is C11H18O. The molecule has 1 heteroatoms. The Morgan fingerprint density at radius 2 is 2.17 bits per heavy atom. The molecule has 0 heterocycles. The highest BCUT2D eigenvalue weighted by Crippen LogP contribution is 2.33. The fourth-order valence-electron chi connectivity index (χ4n) is 1.74. The first-order chi connectivity index (χ1) is 5.53. The van der Waals surface area contributed by atoms with E-state index in [2.05, 4.69) is 32.9 Å². The van der Waals surface area contributed by atoms with E-state index in [4.69, 9.17) is 4.74 Å². The van der Waals surface area contributed by atoms with E-state index in [0.29, 0.717) is 0 Å². The molecule has 0 aromatic rings. The van der Waals surface area contributed by atoms with Gasteiger partial charge in [0, 0.05) is 6.42 Å². The summed E-state index contributed by atoms with van der Waals surface area (Å²) in [5, 5.41) is 0. The minimum absolute atomic E-state index is 0.267. The predicted molar refractivity (Wildman–Crippen MR) is 51.9 cm³/mol. The van der Waals surface area contributed by atoms with Crippen molar-refractivity contribution < 1.29 is 4.74 Å². The molecule has 0 N–H and O–H groups in total. The van der Waals surface area contributed by atoms with Crippen LogP contribution in [0.25, 0.3) is 0 Å². The van der Waals surface area contributed by atoms with Crippen LogP contribution in [0.4, 0.5) is 0 Å². The van der Waals surface area contributed by atoms with Crippen molar-refractivity contribution in [2.24, 2.45) is 5.41 Å². The molecule has 1 aliphatic carbocycles. The molecule has 0 aromatic carbocycles. The third-order valence-corrected chi connectivity index (χ3v) is 1.97. The third kappa shape index (κ3) is 2.40. The molecule has 0 radical (unpaired) electrons. The van der Waals surface area contributed by atoms with E-state index in [-0.39, 0.29) is 5.41 Å². The quantitative estimate of drug-likeness (QED) is 0.611. The maximum Gasteiger partial charge on any atom is 0.0970 e. The first kappa shape index (κ1) is 9.37. The van der Waals surface area contributed by atoms with Gasteiger partial charge in [-0.2, -0.15) is 0 Å². The van der Waals surface area contributed by atoms with Crippen LogP contribution in [0.1, 0.15) is 34.1 Å². The third-order valence-electron chi connectivity index (χ3n) is 1.97. The van der Waals surface area contributed by atoms with Gasteiger partial charge in [0.25, 0.3) is 0 Å². The Hall–Kier alpha value is -0.720. The number of allylic oxidation sites excluding steroid dienone is 4. The Bertz CT molecular complexity index is 221. The largest absolute Gasteiger partial charge is 0.498 e. The van der Waals surface area contributed by atoms with Gasteiger partial charge in [0.1, 0.15) is 0 Å². The van der Waals surface area contributed by atoms with Crippen molar-refractivity contribution in [3.63, 3.8) is 0 Å². The summed E-state index contributed by atoms with van der Waals surface area (Å²) in [7, 11) is 0. The van der Waals surface area contributed by atoms with Crippen LogP contribution in [-0.4, -0.2) is 6.61 Å². The van der Waals surface area contributed by atoms with Crippen LogP contribution in [0.15, 0.2) is 23.5 Å². The summed E-state index contributed by atoms with van der Waals surface area (Å²) >= 11 is 0. The lowest BCUT2D eigenvalue weighted by Crippen LogP contribution is -2.14. The lowest BCUT2D eigenvalue weighted by atomic mass is 9.83. The Morgan fingerprint density at radius 1 is 1.50 bits per heavy atom. The SMILES string of the molecule is CCOC1=CC(C)=CC(C)(C)C1. The Morgan fingerprint density at radius 3 is 2.67 bits per heavy atom. The normalized spacial score (nSPS) is 21.3. The monoisotopic (exact) mass is 166 g/mol. The van der Waals surface area contributed by atoms with Crippen LogP contribution < -0.4 is 0 Å². The topological polar surface area (TPSA) is 9.23 Å². The average molecular weight is 166 g/mol. The van der Waals surface area contributed by atoms with Gasteiger partial charge in [-0.25, -0.2) is 0 Å². The molecule has 0 atom stereocenters. The molecule has 1 aliphatic rings. The summed E-state index contributed by atoms with van der Waals surface area (Å²) in [6.45, 7) is 9.40. The minimum Gasteiger partial charge on any atom is -0.498 e. The van der Waals surface area contributed by atoms with Crippen molar-refractivity contribution in [3.05, 3.63) is 23.5 Å². The molecule has 12 heavy (non-hydrogen) atoms. The summed E-state index contributed by atoms with van der Waals surface area (Å²) in [6.07, 6.45) is 5.46. The maximum absolute atomic E-state index is 5.51. The molecule has 0 saturated heterocycles. The Kier molecular flexibility index (Phi) is 2.61. The molecule has 0 fully saturated rings. The zero-order valence-corrected chi connectivity index (χ0v) is 8.48. The van der Waals surface area contributed by atoms with E-state index in [9.17, 15) is 0 Å². The molecule has 0 aromatic heterocycles. The van der Waals surface area contributed by atoms with Crippen molar-refractivity contribution in [1.82, 2.24) is 0 Å².